The second-order valence-electron chi connectivity index (χ2n) is 5.27. The van der Waals surface area contributed by atoms with E-state index in [-0.39, 0.29) is 17.9 Å². The number of nitrogens with zero attached hydrogens (tertiary/aromatic N) is 1. The van der Waals surface area contributed by atoms with Crippen LogP contribution in [0.15, 0.2) is 18.2 Å². The molecule has 0 aromatic heterocycles. The van der Waals surface area contributed by atoms with E-state index in [4.69, 9.17) is 11.6 Å². The van der Waals surface area contributed by atoms with Gasteiger partial charge in [-0.25, -0.2) is 4.79 Å². The van der Waals surface area contributed by atoms with Crippen molar-refractivity contribution in [2.24, 2.45) is 5.92 Å². The third-order valence-electron chi connectivity index (χ3n) is 3.82. The summed E-state index contributed by atoms with van der Waals surface area (Å²) in [5.41, 5.74) is 1.66. The van der Waals surface area contributed by atoms with E-state index in [1.807, 2.05) is 19.1 Å². The Morgan fingerprint density at radius 3 is 2.52 bits per heavy atom. The van der Waals surface area contributed by atoms with Crippen LogP contribution in [-0.4, -0.2) is 37.0 Å². The number of piperidine rings is 1. The molecule has 1 aromatic rings. The summed E-state index contributed by atoms with van der Waals surface area (Å²) < 4.78 is 0. The van der Waals surface area contributed by atoms with Gasteiger partial charge in [-0.05, 0) is 37.5 Å². The second kappa shape index (κ2) is 6.80. The van der Waals surface area contributed by atoms with E-state index >= 15 is 0 Å². The van der Waals surface area contributed by atoms with Crippen LogP contribution in [0.3, 0.4) is 0 Å². The van der Waals surface area contributed by atoms with Gasteiger partial charge in [-0.3, -0.25) is 4.79 Å². The standard InChI is InChI=1S/C15H20ClN3O2/c1-10-3-4-12(9-13(10)16)18-15(21)19-7-5-11(6-8-19)14(20)17-2/h3-4,9,11H,5-8H2,1-2H3,(H,17,20)(H,18,21). The third kappa shape index (κ3) is 3.88. The van der Waals surface area contributed by atoms with E-state index in [0.29, 0.717) is 36.6 Å². The van der Waals surface area contributed by atoms with Gasteiger partial charge in [0.15, 0.2) is 0 Å². The summed E-state index contributed by atoms with van der Waals surface area (Å²) in [5, 5.41) is 6.13. The lowest BCUT2D eigenvalue weighted by Gasteiger charge is -2.31. The number of nitrogens with one attached hydrogen (secondary N) is 2. The molecule has 1 aromatic carbocycles. The summed E-state index contributed by atoms with van der Waals surface area (Å²) in [4.78, 5) is 25.5. The predicted molar refractivity (Wildman–Crippen MR) is 83.6 cm³/mol. The highest BCUT2D eigenvalue weighted by atomic mass is 35.5. The molecule has 0 atom stereocenters. The van der Waals surface area contributed by atoms with Crippen LogP contribution in [0.2, 0.25) is 5.02 Å². The van der Waals surface area contributed by atoms with Gasteiger partial charge >= 0.3 is 6.03 Å². The van der Waals surface area contributed by atoms with E-state index in [9.17, 15) is 9.59 Å². The van der Waals surface area contributed by atoms with Gasteiger partial charge in [0.05, 0.1) is 0 Å². The Morgan fingerprint density at radius 1 is 1.29 bits per heavy atom. The molecular formula is C15H20ClN3O2. The first kappa shape index (κ1) is 15.6. The zero-order valence-electron chi connectivity index (χ0n) is 12.3. The number of likely N-dealkylation sites (tertiary alicyclic amines) is 1. The predicted octanol–water partition coefficient (Wildman–Crippen LogP) is 2.64. The Labute approximate surface area is 129 Å². The highest BCUT2D eigenvalue weighted by molar-refractivity contribution is 6.31. The molecule has 2 rings (SSSR count). The van der Waals surface area contributed by atoms with E-state index in [1.165, 1.54) is 0 Å². The minimum Gasteiger partial charge on any atom is -0.359 e. The lowest BCUT2D eigenvalue weighted by Crippen LogP contribution is -2.44. The average Bonchev–Trinajstić information content (AvgIpc) is 2.50. The van der Waals surface area contributed by atoms with Gasteiger partial charge in [0.1, 0.15) is 0 Å². The smallest absolute Gasteiger partial charge is 0.321 e. The zero-order chi connectivity index (χ0) is 15.4. The molecule has 5 nitrogen and oxygen atoms in total. The van der Waals surface area contributed by atoms with Crippen LogP contribution in [0.4, 0.5) is 10.5 Å². The number of hydrogen-bond acceptors (Lipinski definition) is 2. The van der Waals surface area contributed by atoms with Gasteiger partial charge in [0, 0.05) is 36.8 Å². The molecule has 1 aliphatic heterocycles. The van der Waals surface area contributed by atoms with Crippen LogP contribution in [0, 0.1) is 12.8 Å². The zero-order valence-corrected chi connectivity index (χ0v) is 13.0. The number of benzene rings is 1. The van der Waals surface area contributed by atoms with E-state index < -0.39 is 0 Å². The van der Waals surface area contributed by atoms with Crippen molar-refractivity contribution in [3.63, 3.8) is 0 Å². The fourth-order valence-electron chi connectivity index (χ4n) is 2.42. The Balaban J connectivity index is 1.90. The van der Waals surface area contributed by atoms with Gasteiger partial charge in [0.2, 0.25) is 5.91 Å². The maximum absolute atomic E-state index is 12.2. The fourth-order valence-corrected chi connectivity index (χ4v) is 2.60. The Bertz CT molecular complexity index is 540. The van der Waals surface area contributed by atoms with E-state index in [2.05, 4.69) is 10.6 Å². The molecule has 1 aliphatic rings. The van der Waals surface area contributed by atoms with Crippen LogP contribution in [-0.2, 0) is 4.79 Å². The van der Waals surface area contributed by atoms with Crippen molar-refractivity contribution in [3.05, 3.63) is 28.8 Å². The molecule has 0 aliphatic carbocycles. The van der Waals surface area contributed by atoms with Crippen LogP contribution >= 0.6 is 11.6 Å². The van der Waals surface area contributed by atoms with Crippen LogP contribution in [0.1, 0.15) is 18.4 Å². The maximum atomic E-state index is 12.2. The molecular weight excluding hydrogens is 290 g/mol. The van der Waals surface area contributed by atoms with Gasteiger partial charge in [0.25, 0.3) is 0 Å². The van der Waals surface area contributed by atoms with Gasteiger partial charge in [-0.1, -0.05) is 17.7 Å². The number of carbonyl (C=O) groups is 2. The van der Waals surface area contributed by atoms with Crippen molar-refractivity contribution in [3.8, 4) is 0 Å². The number of carbonyl (C=O) groups excluding carboxylic acids is 2. The summed E-state index contributed by atoms with van der Waals surface area (Å²) in [6.07, 6.45) is 1.39. The highest BCUT2D eigenvalue weighted by Gasteiger charge is 2.26. The van der Waals surface area contributed by atoms with Crippen LogP contribution < -0.4 is 10.6 Å². The van der Waals surface area contributed by atoms with Gasteiger partial charge in [-0.2, -0.15) is 0 Å². The molecule has 1 saturated heterocycles. The molecule has 0 spiro atoms. The topological polar surface area (TPSA) is 61.4 Å². The van der Waals surface area contributed by atoms with Crippen LogP contribution in [0.25, 0.3) is 0 Å². The summed E-state index contributed by atoms with van der Waals surface area (Å²) in [6, 6.07) is 5.29. The number of aryl methyl sites for hydroxylation is 1. The number of anilines is 1. The number of hydrogen-bond donors (Lipinski definition) is 2. The molecule has 114 valence electrons. The van der Waals surface area contributed by atoms with Crippen molar-refractivity contribution >= 4 is 29.2 Å². The molecule has 0 radical (unpaired) electrons. The summed E-state index contributed by atoms with van der Waals surface area (Å²) in [6.45, 7) is 3.09. The van der Waals surface area contributed by atoms with Crippen molar-refractivity contribution in [2.75, 3.05) is 25.5 Å². The molecule has 0 unspecified atom stereocenters. The molecule has 6 heteroatoms. The lowest BCUT2D eigenvalue weighted by atomic mass is 9.96. The summed E-state index contributed by atoms with van der Waals surface area (Å²) in [5.74, 6) is 0.0632. The third-order valence-corrected chi connectivity index (χ3v) is 4.23. The minimum atomic E-state index is -0.148. The van der Waals surface area contributed by atoms with E-state index in [1.54, 1.807) is 18.0 Å². The summed E-state index contributed by atoms with van der Waals surface area (Å²) in [7, 11) is 1.64. The number of rotatable bonds is 2. The Morgan fingerprint density at radius 2 is 1.95 bits per heavy atom. The molecule has 21 heavy (non-hydrogen) atoms. The lowest BCUT2D eigenvalue weighted by molar-refractivity contribution is -0.125. The maximum Gasteiger partial charge on any atom is 0.321 e. The average molecular weight is 310 g/mol. The van der Waals surface area contributed by atoms with E-state index in [0.717, 1.165) is 5.56 Å². The molecule has 1 heterocycles. The first-order chi connectivity index (χ1) is 10.0. The quantitative estimate of drug-likeness (QED) is 0.882. The molecule has 1 fully saturated rings. The normalized spacial score (nSPS) is 15.7. The number of urea groups is 1. The molecule has 2 N–H and O–H groups in total. The van der Waals surface area contributed by atoms with Gasteiger partial charge in [-0.15, -0.1) is 0 Å². The highest BCUT2D eigenvalue weighted by Crippen LogP contribution is 2.22. The number of halogens is 1. The summed E-state index contributed by atoms with van der Waals surface area (Å²) >= 11 is 6.04. The Kier molecular flexibility index (Phi) is 5.07. The largest absolute Gasteiger partial charge is 0.359 e. The fraction of sp³-hybridized carbons (Fsp3) is 0.467. The molecule has 0 bridgehead atoms. The number of amides is 3. The van der Waals surface area contributed by atoms with Gasteiger partial charge < -0.3 is 15.5 Å². The SMILES string of the molecule is CNC(=O)C1CCN(C(=O)Nc2ccc(C)c(Cl)c2)CC1. The monoisotopic (exact) mass is 309 g/mol. The minimum absolute atomic E-state index is 0.00729. The molecule has 0 saturated carbocycles. The first-order valence-corrected chi connectivity index (χ1v) is 7.42. The van der Waals surface area contributed by atoms with Crippen LogP contribution in [0.5, 0.6) is 0 Å². The Hall–Kier alpha value is -1.75. The van der Waals surface area contributed by atoms with Crippen molar-refractivity contribution in [2.45, 2.75) is 19.8 Å². The van der Waals surface area contributed by atoms with Crippen molar-refractivity contribution < 1.29 is 9.59 Å². The van der Waals surface area contributed by atoms with Crippen molar-refractivity contribution in [1.29, 1.82) is 0 Å². The van der Waals surface area contributed by atoms with Crippen molar-refractivity contribution in [1.82, 2.24) is 10.2 Å². The second-order valence-corrected chi connectivity index (χ2v) is 5.68. The molecule has 3 amide bonds. The first-order valence-electron chi connectivity index (χ1n) is 7.05.